The van der Waals surface area contributed by atoms with Crippen molar-refractivity contribution in [3.05, 3.63) is 143 Å². The molecule has 0 unspecified atom stereocenters. The quantitative estimate of drug-likeness (QED) is 0.0337. The van der Waals surface area contributed by atoms with Crippen LogP contribution in [0.15, 0.2) is 115 Å². The fourth-order valence-corrected chi connectivity index (χ4v) is 6.30. The molecule has 0 N–H and O–H groups in total. The van der Waals surface area contributed by atoms with Gasteiger partial charge < -0.3 is 28.4 Å². The Balaban J connectivity index is 1.06. The van der Waals surface area contributed by atoms with E-state index in [1.165, 1.54) is 106 Å². The topological polar surface area (TPSA) is 124 Å². The first kappa shape index (κ1) is 45.7. The summed E-state index contributed by atoms with van der Waals surface area (Å²) < 4.78 is 33.7. The van der Waals surface area contributed by atoms with Gasteiger partial charge in [0.15, 0.2) is 0 Å². The molecule has 0 radical (unpaired) electrons. The molecule has 0 aromatic heterocycles. The van der Waals surface area contributed by atoms with Crippen LogP contribution in [0.2, 0.25) is 0 Å². The van der Waals surface area contributed by atoms with Gasteiger partial charge >= 0.3 is 23.9 Å². The van der Waals surface area contributed by atoms with Crippen molar-refractivity contribution in [2.24, 2.45) is 0 Å². The molecule has 0 atom stereocenters. The number of unbranched alkanes of at least 4 members (excludes halogenated alkanes) is 10. The van der Waals surface area contributed by atoms with Crippen molar-refractivity contribution in [3.63, 3.8) is 0 Å². The molecule has 0 saturated heterocycles. The van der Waals surface area contributed by atoms with Gasteiger partial charge in [0.05, 0.1) is 35.5 Å². The number of benzene rings is 5. The zero-order chi connectivity index (χ0) is 43.2. The van der Waals surface area contributed by atoms with Crippen LogP contribution in [0.4, 0.5) is 0 Å². The van der Waals surface area contributed by atoms with Crippen molar-refractivity contribution in [1.82, 2.24) is 0 Å². The van der Waals surface area contributed by atoms with Crippen LogP contribution in [0.5, 0.6) is 34.5 Å². The van der Waals surface area contributed by atoms with Gasteiger partial charge in [-0.1, -0.05) is 84.1 Å². The van der Waals surface area contributed by atoms with Crippen LogP contribution in [0.3, 0.4) is 0 Å². The lowest BCUT2D eigenvalue weighted by atomic mass is 10.1. The monoisotopic (exact) mass is 828 g/mol. The molecule has 5 rings (SSSR count). The molecule has 0 saturated carbocycles. The normalized spacial score (nSPS) is 10.7. The lowest BCUT2D eigenvalue weighted by Crippen LogP contribution is -2.14. The van der Waals surface area contributed by atoms with Crippen LogP contribution in [0, 0.1) is 6.92 Å². The maximum Gasteiger partial charge on any atom is 0.343 e. The largest absolute Gasteiger partial charge is 0.494 e. The molecule has 0 aliphatic heterocycles. The summed E-state index contributed by atoms with van der Waals surface area (Å²) in [5.74, 6) is 0.0327. The van der Waals surface area contributed by atoms with E-state index in [0.29, 0.717) is 41.8 Å². The van der Waals surface area contributed by atoms with Crippen LogP contribution < -0.4 is 28.4 Å². The molecule has 5 aromatic carbocycles. The van der Waals surface area contributed by atoms with Crippen molar-refractivity contribution in [2.45, 2.75) is 97.8 Å². The molecular formula is C51H56O10. The summed E-state index contributed by atoms with van der Waals surface area (Å²) in [6.07, 6.45) is 14.2. The molecule has 5 aromatic rings. The van der Waals surface area contributed by atoms with Gasteiger partial charge in [-0.2, -0.15) is 0 Å². The summed E-state index contributed by atoms with van der Waals surface area (Å²) in [6, 6.07) is 30.3. The number of carbonyl (C=O) groups excluding carboxylic acids is 4. The first-order valence-electron chi connectivity index (χ1n) is 21.4. The Hall–Kier alpha value is -6.42. The van der Waals surface area contributed by atoms with Crippen LogP contribution in [0.1, 0.15) is 138 Å². The summed E-state index contributed by atoms with van der Waals surface area (Å²) in [7, 11) is 0. The molecule has 0 amide bonds. The van der Waals surface area contributed by atoms with E-state index in [1.54, 1.807) is 67.6 Å². The molecule has 0 heterocycles. The Morgan fingerprint density at radius 1 is 0.361 bits per heavy atom. The Morgan fingerprint density at radius 3 is 1.08 bits per heavy atom. The van der Waals surface area contributed by atoms with Crippen LogP contribution in [-0.2, 0) is 0 Å². The van der Waals surface area contributed by atoms with Crippen LogP contribution >= 0.6 is 0 Å². The van der Waals surface area contributed by atoms with E-state index in [4.69, 9.17) is 28.4 Å². The Labute approximate surface area is 359 Å². The molecule has 10 heteroatoms. The fourth-order valence-electron chi connectivity index (χ4n) is 6.30. The first-order chi connectivity index (χ1) is 29.7. The number of esters is 4. The summed E-state index contributed by atoms with van der Waals surface area (Å²) in [5.41, 5.74) is 1.40. The molecule has 10 nitrogen and oxygen atoms in total. The summed E-state index contributed by atoms with van der Waals surface area (Å²) in [6.45, 7) is 7.41. The van der Waals surface area contributed by atoms with Gasteiger partial charge in [0.25, 0.3) is 0 Å². The van der Waals surface area contributed by atoms with E-state index in [9.17, 15) is 19.2 Å². The van der Waals surface area contributed by atoms with E-state index < -0.39 is 23.9 Å². The SMILES string of the molecule is CCCCCCCCOc1ccc(OC(=O)c2ccc(OC(=O)c3ccc(C)c(C(=O)Oc4ccc(C(=O)Oc5ccc(OCCCCCCCC)cc5)cc4)c3)cc2)cc1. The smallest absolute Gasteiger partial charge is 0.343 e. The minimum absolute atomic E-state index is 0.121. The van der Waals surface area contributed by atoms with Crippen molar-refractivity contribution in [2.75, 3.05) is 13.2 Å². The molecule has 0 aliphatic rings. The van der Waals surface area contributed by atoms with Gasteiger partial charge in [0.2, 0.25) is 0 Å². The highest BCUT2D eigenvalue weighted by atomic mass is 16.5. The molecule has 320 valence electrons. The lowest BCUT2D eigenvalue weighted by molar-refractivity contribution is 0.0722. The number of ether oxygens (including phenoxy) is 6. The zero-order valence-electron chi connectivity index (χ0n) is 35.5. The molecule has 0 aliphatic carbocycles. The highest BCUT2D eigenvalue weighted by Crippen LogP contribution is 2.24. The predicted octanol–water partition coefficient (Wildman–Crippen LogP) is 12.4. The molecule has 61 heavy (non-hydrogen) atoms. The highest BCUT2D eigenvalue weighted by molar-refractivity contribution is 5.98. The first-order valence-corrected chi connectivity index (χ1v) is 21.4. The molecule has 0 bridgehead atoms. The number of rotatable bonds is 24. The van der Waals surface area contributed by atoms with Crippen molar-refractivity contribution >= 4 is 23.9 Å². The standard InChI is InChI=1S/C51H56O10/c1-4-6-8-10-12-14-34-56-41-26-30-45(31-27-41)58-48(52)38-18-22-43(23-19-38)60-50(54)40-17-16-37(3)47(36-40)51(55)61-44-24-20-39(21-25-44)49(53)59-46-32-28-42(29-33-46)57-35-15-13-11-9-7-5-2/h16-33,36H,4-15,34-35H2,1-3H3. The second-order valence-electron chi connectivity index (χ2n) is 14.8. The highest BCUT2D eigenvalue weighted by Gasteiger charge is 2.18. The summed E-state index contributed by atoms with van der Waals surface area (Å²) in [5, 5.41) is 0. The van der Waals surface area contributed by atoms with Gasteiger partial charge in [-0.05, 0) is 135 Å². The van der Waals surface area contributed by atoms with Crippen molar-refractivity contribution < 1.29 is 47.6 Å². The number of hydrogen-bond acceptors (Lipinski definition) is 10. The van der Waals surface area contributed by atoms with Crippen molar-refractivity contribution in [1.29, 1.82) is 0 Å². The third-order valence-corrected chi connectivity index (χ3v) is 9.90. The minimum atomic E-state index is -0.707. The predicted molar refractivity (Wildman–Crippen MR) is 235 cm³/mol. The Morgan fingerprint density at radius 2 is 0.672 bits per heavy atom. The third-order valence-electron chi connectivity index (χ3n) is 9.90. The van der Waals surface area contributed by atoms with E-state index in [-0.39, 0.29) is 33.8 Å². The maximum atomic E-state index is 13.2. The van der Waals surface area contributed by atoms with E-state index in [0.717, 1.165) is 25.7 Å². The Bertz CT molecular complexity index is 2140. The molecular weight excluding hydrogens is 773 g/mol. The van der Waals surface area contributed by atoms with Gasteiger partial charge in [-0.3, -0.25) is 0 Å². The van der Waals surface area contributed by atoms with Gasteiger partial charge in [-0.25, -0.2) is 19.2 Å². The molecule has 0 spiro atoms. The van der Waals surface area contributed by atoms with E-state index >= 15 is 0 Å². The second kappa shape index (κ2) is 24.6. The molecule has 0 fully saturated rings. The fraction of sp³-hybridized carbons (Fsp3) is 0.333. The Kier molecular flexibility index (Phi) is 18.4. The number of hydrogen-bond donors (Lipinski definition) is 0. The number of carbonyl (C=O) groups is 4. The van der Waals surface area contributed by atoms with E-state index in [1.807, 2.05) is 0 Å². The average Bonchev–Trinajstić information content (AvgIpc) is 3.27. The summed E-state index contributed by atoms with van der Waals surface area (Å²) in [4.78, 5) is 51.9. The summed E-state index contributed by atoms with van der Waals surface area (Å²) >= 11 is 0. The van der Waals surface area contributed by atoms with Gasteiger partial charge in [0.1, 0.15) is 34.5 Å². The second-order valence-corrected chi connectivity index (χ2v) is 14.8. The van der Waals surface area contributed by atoms with Gasteiger partial charge in [-0.15, -0.1) is 0 Å². The van der Waals surface area contributed by atoms with Crippen molar-refractivity contribution in [3.8, 4) is 34.5 Å². The zero-order valence-corrected chi connectivity index (χ0v) is 35.5. The number of aryl methyl sites for hydroxylation is 1. The average molecular weight is 829 g/mol. The minimum Gasteiger partial charge on any atom is -0.494 e. The third kappa shape index (κ3) is 15.3. The maximum absolute atomic E-state index is 13.2. The van der Waals surface area contributed by atoms with Crippen LogP contribution in [-0.4, -0.2) is 37.1 Å². The van der Waals surface area contributed by atoms with Gasteiger partial charge in [0, 0.05) is 0 Å². The van der Waals surface area contributed by atoms with E-state index in [2.05, 4.69) is 13.8 Å². The lowest BCUT2D eigenvalue weighted by Gasteiger charge is -2.10. The van der Waals surface area contributed by atoms with Crippen LogP contribution in [0.25, 0.3) is 0 Å².